The molecule has 0 radical (unpaired) electrons. The third kappa shape index (κ3) is 3.80. The maximum absolute atomic E-state index is 12.2. The fourth-order valence-electron chi connectivity index (χ4n) is 3.73. The van der Waals surface area contributed by atoms with E-state index < -0.39 is 0 Å². The normalized spacial score (nSPS) is 25.4. The van der Waals surface area contributed by atoms with Crippen molar-refractivity contribution in [2.24, 2.45) is 5.92 Å². The van der Waals surface area contributed by atoms with Gasteiger partial charge in [0.2, 0.25) is 5.91 Å². The number of amides is 1. The molecule has 5 rings (SSSR count). The van der Waals surface area contributed by atoms with E-state index in [-0.39, 0.29) is 11.9 Å². The molecule has 3 aliphatic rings. The Bertz CT molecular complexity index is 773. The Balaban J connectivity index is 1.37. The first kappa shape index (κ1) is 16.4. The Hall–Kier alpha value is -2.04. The van der Waals surface area contributed by atoms with Gasteiger partial charge in [0.25, 0.3) is 0 Å². The molecule has 3 fully saturated rings. The van der Waals surface area contributed by atoms with Crippen molar-refractivity contribution in [2.45, 2.75) is 18.9 Å². The van der Waals surface area contributed by atoms with Crippen LogP contribution in [0.1, 0.15) is 18.6 Å². The average molecular weight is 357 g/mol. The SMILES string of the molecule is O=C(C=Cc1ccc(-c2ccc(Cl)cc2)o1)NC1CN2CCC1CC2. The predicted molar refractivity (Wildman–Crippen MR) is 99.3 cm³/mol. The Morgan fingerprint density at radius 1 is 1.16 bits per heavy atom. The van der Waals surface area contributed by atoms with Crippen LogP contribution >= 0.6 is 11.6 Å². The van der Waals surface area contributed by atoms with Crippen LogP contribution in [-0.2, 0) is 4.79 Å². The maximum Gasteiger partial charge on any atom is 0.244 e. The van der Waals surface area contributed by atoms with Crippen molar-refractivity contribution in [1.82, 2.24) is 10.2 Å². The van der Waals surface area contributed by atoms with Gasteiger partial charge in [-0.25, -0.2) is 0 Å². The minimum Gasteiger partial charge on any atom is -0.457 e. The van der Waals surface area contributed by atoms with Crippen molar-refractivity contribution < 1.29 is 9.21 Å². The van der Waals surface area contributed by atoms with Crippen molar-refractivity contribution in [3.63, 3.8) is 0 Å². The zero-order chi connectivity index (χ0) is 17.2. The Kier molecular flexibility index (Phi) is 4.64. The molecule has 2 bridgehead atoms. The number of hydrogen-bond donors (Lipinski definition) is 1. The molecule has 130 valence electrons. The van der Waals surface area contributed by atoms with E-state index in [0.29, 0.717) is 16.7 Å². The zero-order valence-corrected chi connectivity index (χ0v) is 14.7. The van der Waals surface area contributed by atoms with Gasteiger partial charge in [-0.2, -0.15) is 0 Å². The minimum absolute atomic E-state index is 0.0526. The van der Waals surface area contributed by atoms with Crippen LogP contribution in [0, 0.1) is 5.92 Å². The highest BCUT2D eigenvalue weighted by molar-refractivity contribution is 6.30. The molecule has 0 saturated carbocycles. The molecule has 0 aliphatic carbocycles. The lowest BCUT2D eigenvalue weighted by molar-refractivity contribution is -0.118. The summed E-state index contributed by atoms with van der Waals surface area (Å²) >= 11 is 5.90. The molecule has 1 aromatic heterocycles. The lowest BCUT2D eigenvalue weighted by Gasteiger charge is -2.44. The third-order valence-electron chi connectivity index (χ3n) is 5.14. The van der Waals surface area contributed by atoms with Gasteiger partial charge in [-0.3, -0.25) is 4.79 Å². The number of carbonyl (C=O) groups is 1. The quantitative estimate of drug-likeness (QED) is 0.847. The lowest BCUT2D eigenvalue weighted by atomic mass is 9.84. The number of piperidine rings is 3. The Labute approximate surface area is 152 Å². The van der Waals surface area contributed by atoms with Crippen molar-refractivity contribution in [1.29, 1.82) is 0 Å². The number of halogens is 1. The van der Waals surface area contributed by atoms with Crippen molar-refractivity contribution in [3.8, 4) is 11.3 Å². The highest BCUT2D eigenvalue weighted by Crippen LogP contribution is 2.27. The molecule has 1 amide bonds. The third-order valence-corrected chi connectivity index (χ3v) is 5.39. The van der Waals surface area contributed by atoms with Gasteiger partial charge in [0, 0.05) is 29.2 Å². The second kappa shape index (κ2) is 7.06. The number of benzene rings is 1. The molecular formula is C20H21ClN2O2. The van der Waals surface area contributed by atoms with Gasteiger partial charge in [-0.05, 0) is 74.3 Å². The molecule has 5 heteroatoms. The highest BCUT2D eigenvalue weighted by Gasteiger charge is 2.34. The predicted octanol–water partition coefficient (Wildman–Crippen LogP) is 3.82. The van der Waals surface area contributed by atoms with E-state index in [4.69, 9.17) is 16.0 Å². The molecular weight excluding hydrogens is 336 g/mol. The summed E-state index contributed by atoms with van der Waals surface area (Å²) in [6, 6.07) is 11.5. The summed E-state index contributed by atoms with van der Waals surface area (Å²) in [6.45, 7) is 3.32. The summed E-state index contributed by atoms with van der Waals surface area (Å²) in [6.07, 6.45) is 5.66. The standard InChI is InChI=1S/C20H21ClN2O2/c21-16-3-1-15(2-4-16)19-7-5-17(25-19)6-8-20(24)22-18-13-23-11-9-14(18)10-12-23/h1-8,14,18H,9-13H2,(H,22,24). The monoisotopic (exact) mass is 356 g/mol. The Morgan fingerprint density at radius 3 is 2.60 bits per heavy atom. The topological polar surface area (TPSA) is 45.5 Å². The minimum atomic E-state index is -0.0526. The molecule has 1 N–H and O–H groups in total. The van der Waals surface area contributed by atoms with E-state index in [2.05, 4.69) is 10.2 Å². The van der Waals surface area contributed by atoms with Crippen LogP contribution < -0.4 is 5.32 Å². The number of nitrogens with zero attached hydrogens (tertiary/aromatic N) is 1. The van der Waals surface area contributed by atoms with E-state index in [1.165, 1.54) is 25.9 Å². The molecule has 25 heavy (non-hydrogen) atoms. The number of furan rings is 1. The summed E-state index contributed by atoms with van der Waals surface area (Å²) in [5.41, 5.74) is 0.959. The summed E-state index contributed by atoms with van der Waals surface area (Å²) < 4.78 is 5.78. The van der Waals surface area contributed by atoms with E-state index in [1.807, 2.05) is 36.4 Å². The number of rotatable bonds is 4. The summed E-state index contributed by atoms with van der Waals surface area (Å²) in [4.78, 5) is 14.6. The van der Waals surface area contributed by atoms with Crippen LogP contribution in [-0.4, -0.2) is 36.5 Å². The van der Waals surface area contributed by atoms with Gasteiger partial charge in [0.15, 0.2) is 0 Å². The van der Waals surface area contributed by atoms with Crippen molar-refractivity contribution >= 4 is 23.6 Å². The lowest BCUT2D eigenvalue weighted by Crippen LogP contribution is -2.57. The van der Waals surface area contributed by atoms with Gasteiger partial charge in [-0.15, -0.1) is 0 Å². The van der Waals surface area contributed by atoms with Crippen LogP contribution in [0.15, 0.2) is 46.9 Å². The van der Waals surface area contributed by atoms with Gasteiger partial charge < -0.3 is 14.6 Å². The van der Waals surface area contributed by atoms with Crippen LogP contribution in [0.5, 0.6) is 0 Å². The molecule has 1 atom stereocenters. The molecule has 1 unspecified atom stereocenters. The molecule has 4 nitrogen and oxygen atoms in total. The van der Waals surface area contributed by atoms with Crippen molar-refractivity contribution in [3.05, 3.63) is 53.3 Å². The first-order valence-corrected chi connectivity index (χ1v) is 9.12. The number of fused-ring (bicyclic) bond motifs is 3. The van der Waals surface area contributed by atoms with Crippen LogP contribution in [0.3, 0.4) is 0 Å². The fraction of sp³-hybridized carbons (Fsp3) is 0.350. The molecule has 0 spiro atoms. The second-order valence-electron chi connectivity index (χ2n) is 6.80. The summed E-state index contributed by atoms with van der Waals surface area (Å²) in [5.74, 6) is 1.99. The molecule has 2 aromatic rings. The number of nitrogens with one attached hydrogen (secondary N) is 1. The Morgan fingerprint density at radius 2 is 1.92 bits per heavy atom. The first-order chi connectivity index (χ1) is 12.2. The molecule has 1 aromatic carbocycles. The smallest absolute Gasteiger partial charge is 0.244 e. The summed E-state index contributed by atoms with van der Waals surface area (Å²) in [5, 5.41) is 3.84. The second-order valence-corrected chi connectivity index (χ2v) is 7.23. The molecule has 3 aliphatic heterocycles. The van der Waals surface area contributed by atoms with Crippen LogP contribution in [0.25, 0.3) is 17.4 Å². The van der Waals surface area contributed by atoms with Crippen molar-refractivity contribution in [2.75, 3.05) is 19.6 Å². The maximum atomic E-state index is 12.2. The summed E-state index contributed by atoms with van der Waals surface area (Å²) in [7, 11) is 0. The van der Waals surface area contributed by atoms with Crippen LogP contribution in [0.2, 0.25) is 5.02 Å². The molecule has 4 heterocycles. The largest absolute Gasteiger partial charge is 0.457 e. The van der Waals surface area contributed by atoms with E-state index in [0.717, 1.165) is 17.9 Å². The van der Waals surface area contributed by atoms with E-state index in [9.17, 15) is 4.79 Å². The average Bonchev–Trinajstić information content (AvgIpc) is 3.11. The molecule has 3 saturated heterocycles. The van der Waals surface area contributed by atoms with E-state index in [1.54, 1.807) is 12.2 Å². The number of carbonyl (C=O) groups excluding carboxylic acids is 1. The van der Waals surface area contributed by atoms with Gasteiger partial charge in [-0.1, -0.05) is 11.6 Å². The van der Waals surface area contributed by atoms with Gasteiger partial charge in [0.05, 0.1) is 0 Å². The van der Waals surface area contributed by atoms with Gasteiger partial charge in [0.1, 0.15) is 11.5 Å². The number of hydrogen-bond acceptors (Lipinski definition) is 3. The van der Waals surface area contributed by atoms with Gasteiger partial charge >= 0.3 is 0 Å². The van der Waals surface area contributed by atoms with E-state index >= 15 is 0 Å². The first-order valence-electron chi connectivity index (χ1n) is 8.74. The zero-order valence-electron chi connectivity index (χ0n) is 14.0. The highest BCUT2D eigenvalue weighted by atomic mass is 35.5. The fourth-order valence-corrected chi connectivity index (χ4v) is 3.85. The van der Waals surface area contributed by atoms with Crippen LogP contribution in [0.4, 0.5) is 0 Å².